The first-order chi connectivity index (χ1) is 9.15. The molecule has 5 N–H and O–H groups in total. The highest BCUT2D eigenvalue weighted by molar-refractivity contribution is 4.83. The van der Waals surface area contributed by atoms with Gasteiger partial charge in [0.2, 0.25) is 0 Å². The molecular weight excluding hydrogens is 244 g/mol. The van der Waals surface area contributed by atoms with Crippen LogP contribution in [-0.2, 0) is 4.74 Å². The van der Waals surface area contributed by atoms with Crippen LogP contribution in [0.15, 0.2) is 0 Å². The van der Waals surface area contributed by atoms with Gasteiger partial charge in [-0.3, -0.25) is 0 Å². The molecule has 1 rings (SSSR count). The molecule has 3 atom stereocenters. The highest BCUT2D eigenvalue weighted by atomic mass is 16.5. The molecule has 0 aromatic carbocycles. The van der Waals surface area contributed by atoms with Crippen molar-refractivity contribution in [3.63, 3.8) is 0 Å². The van der Waals surface area contributed by atoms with E-state index in [-0.39, 0.29) is 6.04 Å². The maximum Gasteiger partial charge on any atom is 0.0962 e. The Balaban J connectivity index is 2.19. The van der Waals surface area contributed by atoms with Crippen molar-refractivity contribution in [3.8, 4) is 0 Å². The number of nitrogens with two attached hydrogens (primary N) is 1. The third-order valence-corrected chi connectivity index (χ3v) is 4.00. The zero-order valence-corrected chi connectivity index (χ0v) is 12.1. The van der Waals surface area contributed by atoms with Crippen molar-refractivity contribution >= 4 is 0 Å². The van der Waals surface area contributed by atoms with Crippen LogP contribution in [0.2, 0.25) is 0 Å². The Morgan fingerprint density at radius 2 is 1.95 bits per heavy atom. The molecule has 0 spiro atoms. The minimum Gasteiger partial charge on any atom is -0.389 e. The number of aliphatic hydroxyl groups is 2. The summed E-state index contributed by atoms with van der Waals surface area (Å²) in [6.45, 7) is 1.61. The van der Waals surface area contributed by atoms with Gasteiger partial charge in [-0.05, 0) is 12.3 Å². The van der Waals surface area contributed by atoms with Gasteiger partial charge in [-0.25, -0.2) is 0 Å². The van der Waals surface area contributed by atoms with Gasteiger partial charge in [0.1, 0.15) is 0 Å². The second-order valence-corrected chi connectivity index (χ2v) is 5.66. The van der Waals surface area contributed by atoms with Gasteiger partial charge in [-0.1, -0.05) is 32.1 Å². The summed E-state index contributed by atoms with van der Waals surface area (Å²) in [5.74, 6) is 0.618. The Kier molecular flexibility index (Phi) is 8.57. The zero-order valence-electron chi connectivity index (χ0n) is 12.1. The van der Waals surface area contributed by atoms with Crippen LogP contribution in [0.25, 0.3) is 0 Å². The average molecular weight is 274 g/mol. The lowest BCUT2D eigenvalue weighted by atomic mass is 9.83. The van der Waals surface area contributed by atoms with Crippen LogP contribution >= 0.6 is 0 Å². The Hall–Kier alpha value is -0.200. The molecule has 0 aliphatic heterocycles. The lowest BCUT2D eigenvalue weighted by molar-refractivity contribution is -0.00115. The number of methoxy groups -OCH3 is 1. The van der Waals surface area contributed by atoms with Crippen LogP contribution in [0.1, 0.15) is 38.5 Å². The summed E-state index contributed by atoms with van der Waals surface area (Å²) in [5, 5.41) is 22.9. The van der Waals surface area contributed by atoms with E-state index in [1.165, 1.54) is 32.1 Å². The average Bonchev–Trinajstić information content (AvgIpc) is 2.43. The van der Waals surface area contributed by atoms with Crippen molar-refractivity contribution in [1.29, 1.82) is 0 Å². The second kappa shape index (κ2) is 9.66. The summed E-state index contributed by atoms with van der Waals surface area (Å²) in [4.78, 5) is 0. The highest BCUT2D eigenvalue weighted by Gasteiger charge is 2.26. The summed E-state index contributed by atoms with van der Waals surface area (Å²) in [5.41, 5.74) is 6.02. The third kappa shape index (κ3) is 6.68. The SMILES string of the molecule is COCCNCC(O)C(O)[C@@H](N)CC1CCCCC1. The van der Waals surface area contributed by atoms with Gasteiger partial charge in [-0.2, -0.15) is 0 Å². The number of nitrogens with one attached hydrogen (secondary N) is 1. The fourth-order valence-corrected chi connectivity index (χ4v) is 2.78. The van der Waals surface area contributed by atoms with Crippen molar-refractivity contribution in [3.05, 3.63) is 0 Å². The molecule has 1 saturated carbocycles. The Morgan fingerprint density at radius 1 is 1.26 bits per heavy atom. The third-order valence-electron chi connectivity index (χ3n) is 4.00. The number of aliphatic hydroxyl groups excluding tert-OH is 2. The Morgan fingerprint density at radius 3 is 2.58 bits per heavy atom. The first-order valence-electron chi connectivity index (χ1n) is 7.46. The fourth-order valence-electron chi connectivity index (χ4n) is 2.78. The van der Waals surface area contributed by atoms with E-state index in [0.29, 0.717) is 25.6 Å². The second-order valence-electron chi connectivity index (χ2n) is 5.66. The van der Waals surface area contributed by atoms with Gasteiger partial charge < -0.3 is 26.0 Å². The minimum atomic E-state index is -0.850. The zero-order chi connectivity index (χ0) is 14.1. The van der Waals surface area contributed by atoms with Gasteiger partial charge in [0.05, 0.1) is 18.8 Å². The Labute approximate surface area is 116 Å². The predicted octanol–water partition coefficient (Wildman–Crippen LogP) is 0.242. The maximum absolute atomic E-state index is 10.0. The highest BCUT2D eigenvalue weighted by Crippen LogP contribution is 2.27. The molecule has 0 amide bonds. The standard InChI is InChI=1S/C14H30N2O3/c1-19-8-7-16-10-13(17)14(18)12(15)9-11-5-3-2-4-6-11/h11-14,16-18H,2-10,15H2,1H3/t12-,13?,14?/m0/s1. The van der Waals surface area contributed by atoms with E-state index < -0.39 is 12.2 Å². The van der Waals surface area contributed by atoms with E-state index in [1.807, 2.05) is 0 Å². The van der Waals surface area contributed by atoms with E-state index in [9.17, 15) is 10.2 Å². The molecule has 0 saturated heterocycles. The van der Waals surface area contributed by atoms with Gasteiger partial charge in [0.15, 0.2) is 0 Å². The maximum atomic E-state index is 10.0. The van der Waals surface area contributed by atoms with Crippen LogP contribution in [-0.4, -0.2) is 55.3 Å². The smallest absolute Gasteiger partial charge is 0.0962 e. The molecule has 0 heterocycles. The van der Waals surface area contributed by atoms with Crippen LogP contribution in [0, 0.1) is 5.92 Å². The van der Waals surface area contributed by atoms with Crippen LogP contribution in [0.4, 0.5) is 0 Å². The first-order valence-corrected chi connectivity index (χ1v) is 7.46. The van der Waals surface area contributed by atoms with Gasteiger partial charge >= 0.3 is 0 Å². The molecule has 0 radical (unpaired) electrons. The molecule has 114 valence electrons. The number of ether oxygens (including phenoxy) is 1. The van der Waals surface area contributed by atoms with E-state index >= 15 is 0 Å². The Bertz CT molecular complexity index is 223. The van der Waals surface area contributed by atoms with Gasteiger partial charge in [-0.15, -0.1) is 0 Å². The van der Waals surface area contributed by atoms with E-state index in [4.69, 9.17) is 10.5 Å². The lowest BCUT2D eigenvalue weighted by Crippen LogP contribution is -2.48. The topological polar surface area (TPSA) is 87.7 Å². The van der Waals surface area contributed by atoms with Crippen molar-refractivity contribution < 1.29 is 14.9 Å². The van der Waals surface area contributed by atoms with Crippen LogP contribution in [0.3, 0.4) is 0 Å². The molecule has 0 bridgehead atoms. The van der Waals surface area contributed by atoms with Crippen molar-refractivity contribution in [2.45, 2.75) is 56.8 Å². The number of hydrogen-bond donors (Lipinski definition) is 4. The molecule has 19 heavy (non-hydrogen) atoms. The normalized spacial score (nSPS) is 22.1. The summed E-state index contributed by atoms with van der Waals surface area (Å²) in [6, 6.07) is -0.331. The monoisotopic (exact) mass is 274 g/mol. The first kappa shape index (κ1) is 16.9. The molecule has 1 aliphatic rings. The van der Waals surface area contributed by atoms with Crippen molar-refractivity contribution in [2.24, 2.45) is 11.7 Å². The molecule has 2 unspecified atom stereocenters. The summed E-state index contributed by atoms with van der Waals surface area (Å²) in [6.07, 6.45) is 5.44. The molecule has 0 aromatic heterocycles. The lowest BCUT2D eigenvalue weighted by Gasteiger charge is -2.29. The van der Waals surface area contributed by atoms with E-state index in [1.54, 1.807) is 7.11 Å². The van der Waals surface area contributed by atoms with Gasteiger partial charge in [0.25, 0.3) is 0 Å². The number of rotatable bonds is 9. The quantitative estimate of drug-likeness (QED) is 0.453. The minimum absolute atomic E-state index is 0.331. The largest absolute Gasteiger partial charge is 0.389 e. The molecule has 5 heteroatoms. The fraction of sp³-hybridized carbons (Fsp3) is 1.00. The molecule has 1 aliphatic carbocycles. The predicted molar refractivity (Wildman–Crippen MR) is 75.9 cm³/mol. The van der Waals surface area contributed by atoms with Crippen LogP contribution < -0.4 is 11.1 Å². The molecule has 0 aromatic rings. The van der Waals surface area contributed by atoms with Gasteiger partial charge in [0, 0.05) is 26.2 Å². The molecule has 5 nitrogen and oxygen atoms in total. The van der Waals surface area contributed by atoms with Crippen molar-refractivity contribution in [2.75, 3.05) is 26.8 Å². The molecular formula is C14H30N2O3. The van der Waals surface area contributed by atoms with E-state index in [0.717, 1.165) is 6.42 Å². The summed E-state index contributed by atoms with van der Waals surface area (Å²) < 4.78 is 4.90. The van der Waals surface area contributed by atoms with E-state index in [2.05, 4.69) is 5.32 Å². The number of hydrogen-bond acceptors (Lipinski definition) is 5. The molecule has 1 fully saturated rings. The van der Waals surface area contributed by atoms with Crippen molar-refractivity contribution in [1.82, 2.24) is 5.32 Å². The van der Waals surface area contributed by atoms with Crippen LogP contribution in [0.5, 0.6) is 0 Å². The summed E-state index contributed by atoms with van der Waals surface area (Å²) in [7, 11) is 1.63. The summed E-state index contributed by atoms with van der Waals surface area (Å²) >= 11 is 0.